The molecular formula is C18H22N4O2. The molecule has 2 aromatic carbocycles. The molecule has 0 atom stereocenters. The fourth-order valence-electron chi connectivity index (χ4n) is 2.12. The lowest BCUT2D eigenvalue weighted by Gasteiger charge is -2.25. The monoisotopic (exact) mass is 326 g/mol. The second-order valence-electron chi connectivity index (χ2n) is 5.36. The van der Waals surface area contributed by atoms with Gasteiger partial charge in [0.05, 0.1) is 11.4 Å². The molecule has 0 bridgehead atoms. The van der Waals surface area contributed by atoms with Gasteiger partial charge in [-0.2, -0.15) is 5.12 Å². The first-order valence-electron chi connectivity index (χ1n) is 7.90. The Kier molecular flexibility index (Phi) is 6.64. The second kappa shape index (κ2) is 9.19. The maximum absolute atomic E-state index is 12.5. The van der Waals surface area contributed by atoms with E-state index in [2.05, 4.69) is 10.9 Å². The lowest BCUT2D eigenvalue weighted by atomic mass is 10.2. The highest BCUT2D eigenvalue weighted by atomic mass is 16.2. The Morgan fingerprint density at radius 1 is 0.792 bits per heavy atom. The summed E-state index contributed by atoms with van der Waals surface area (Å²) >= 11 is 0. The normalized spacial score (nSPS) is 10.0. The fraction of sp³-hybridized carbons (Fsp3) is 0.222. The lowest BCUT2D eigenvalue weighted by molar-refractivity contribution is -0.129. The number of carbonyl (C=O) groups is 2. The third-order valence-corrected chi connectivity index (χ3v) is 3.34. The number of benzene rings is 2. The average molecular weight is 326 g/mol. The highest BCUT2D eigenvalue weighted by Gasteiger charge is 2.14. The van der Waals surface area contributed by atoms with Gasteiger partial charge in [-0.05, 0) is 37.1 Å². The van der Waals surface area contributed by atoms with Crippen LogP contribution < -0.4 is 16.6 Å². The van der Waals surface area contributed by atoms with Crippen molar-refractivity contribution in [2.24, 2.45) is 5.73 Å². The van der Waals surface area contributed by atoms with Gasteiger partial charge in [-0.3, -0.25) is 20.4 Å². The van der Waals surface area contributed by atoms with E-state index in [-0.39, 0.29) is 11.8 Å². The first-order chi connectivity index (χ1) is 11.6. The molecule has 2 rings (SSSR count). The molecule has 6 nitrogen and oxygen atoms in total. The number of amides is 2. The van der Waals surface area contributed by atoms with Crippen LogP contribution in [0.2, 0.25) is 0 Å². The summed E-state index contributed by atoms with van der Waals surface area (Å²) in [6, 6.07) is 18.9. The van der Waals surface area contributed by atoms with Crippen LogP contribution in [0, 0.1) is 0 Å². The van der Waals surface area contributed by atoms with Crippen molar-refractivity contribution in [2.75, 3.05) is 10.9 Å². The topological polar surface area (TPSA) is 87.5 Å². The Labute approximate surface area is 141 Å². The number of hydrogen-bond acceptors (Lipinski definition) is 4. The predicted octanol–water partition coefficient (Wildman–Crippen LogP) is 2.91. The van der Waals surface area contributed by atoms with Gasteiger partial charge in [-0.15, -0.1) is 0 Å². The average Bonchev–Trinajstić information content (AvgIpc) is 2.59. The summed E-state index contributed by atoms with van der Waals surface area (Å²) in [6.45, 7) is 0. The van der Waals surface area contributed by atoms with Crippen molar-refractivity contribution in [1.82, 2.24) is 5.12 Å². The summed E-state index contributed by atoms with van der Waals surface area (Å²) in [6.07, 6.45) is 1.81. The van der Waals surface area contributed by atoms with Crippen LogP contribution in [-0.2, 0) is 9.59 Å². The van der Waals surface area contributed by atoms with Crippen molar-refractivity contribution < 1.29 is 9.59 Å². The minimum Gasteiger partial charge on any atom is -0.370 e. The standard InChI is InChI=1S/C18H22N4O2/c19-17(23)13-7-8-14-18(24)22(20-15-9-3-1-4-10-15)21-16-11-5-2-6-12-16/h1-6,9-12,20-21H,7-8,13-14H2,(H2,19,23). The molecule has 0 radical (unpaired) electrons. The van der Waals surface area contributed by atoms with Gasteiger partial charge in [-0.25, -0.2) is 0 Å². The smallest absolute Gasteiger partial charge is 0.260 e. The maximum atomic E-state index is 12.5. The van der Waals surface area contributed by atoms with Crippen molar-refractivity contribution in [3.05, 3.63) is 60.7 Å². The SMILES string of the molecule is NC(=O)CCCCC(=O)N(Nc1ccccc1)Nc1ccccc1. The van der Waals surface area contributed by atoms with Gasteiger partial charge >= 0.3 is 0 Å². The van der Waals surface area contributed by atoms with Crippen LogP contribution in [-0.4, -0.2) is 16.9 Å². The van der Waals surface area contributed by atoms with Gasteiger partial charge in [-0.1, -0.05) is 36.4 Å². The van der Waals surface area contributed by atoms with Gasteiger partial charge in [0.1, 0.15) is 0 Å². The van der Waals surface area contributed by atoms with E-state index in [1.54, 1.807) is 0 Å². The van der Waals surface area contributed by atoms with Gasteiger partial charge in [0.15, 0.2) is 0 Å². The van der Waals surface area contributed by atoms with E-state index >= 15 is 0 Å². The molecule has 0 heterocycles. The highest BCUT2D eigenvalue weighted by Crippen LogP contribution is 2.12. The van der Waals surface area contributed by atoms with E-state index in [9.17, 15) is 9.59 Å². The quantitative estimate of drug-likeness (QED) is 0.488. The van der Waals surface area contributed by atoms with Crippen molar-refractivity contribution >= 4 is 23.2 Å². The number of hydrogen-bond donors (Lipinski definition) is 3. The van der Waals surface area contributed by atoms with Crippen LogP contribution in [0.4, 0.5) is 11.4 Å². The van der Waals surface area contributed by atoms with E-state index in [0.29, 0.717) is 25.7 Å². The molecule has 0 saturated heterocycles. The number of nitrogens with one attached hydrogen (secondary N) is 2. The highest BCUT2D eigenvalue weighted by molar-refractivity contribution is 5.79. The molecule has 0 saturated carbocycles. The Morgan fingerprint density at radius 2 is 1.25 bits per heavy atom. The molecular weight excluding hydrogens is 304 g/mol. The summed E-state index contributed by atoms with van der Waals surface area (Å²) in [5, 5.41) is 1.37. The number of hydrazine groups is 2. The van der Waals surface area contributed by atoms with Crippen LogP contribution in [0.5, 0.6) is 0 Å². The van der Waals surface area contributed by atoms with Gasteiger partial charge in [0.25, 0.3) is 5.91 Å². The zero-order chi connectivity index (χ0) is 17.2. The predicted molar refractivity (Wildman–Crippen MR) is 94.6 cm³/mol. The summed E-state index contributed by atoms with van der Waals surface area (Å²) in [5.41, 5.74) is 12.8. The Hall–Kier alpha value is -3.02. The molecule has 2 aromatic rings. The van der Waals surface area contributed by atoms with Crippen LogP contribution in [0.25, 0.3) is 0 Å². The number of para-hydroxylation sites is 2. The summed E-state index contributed by atoms with van der Waals surface area (Å²) in [7, 11) is 0. The first-order valence-corrected chi connectivity index (χ1v) is 7.90. The van der Waals surface area contributed by atoms with Gasteiger partial charge < -0.3 is 5.73 Å². The molecule has 24 heavy (non-hydrogen) atoms. The van der Waals surface area contributed by atoms with Crippen LogP contribution in [0.1, 0.15) is 25.7 Å². The molecule has 6 heteroatoms. The molecule has 4 N–H and O–H groups in total. The van der Waals surface area contributed by atoms with E-state index in [1.807, 2.05) is 60.7 Å². The van der Waals surface area contributed by atoms with E-state index in [4.69, 9.17) is 5.73 Å². The number of carbonyl (C=O) groups excluding carboxylic acids is 2. The minimum atomic E-state index is -0.343. The number of rotatable bonds is 9. The first kappa shape index (κ1) is 17.3. The molecule has 0 aliphatic rings. The Morgan fingerprint density at radius 3 is 1.71 bits per heavy atom. The Balaban J connectivity index is 1.98. The Bertz CT molecular complexity index is 605. The third-order valence-electron chi connectivity index (χ3n) is 3.34. The number of unbranched alkanes of at least 4 members (excludes halogenated alkanes) is 1. The zero-order valence-corrected chi connectivity index (χ0v) is 13.4. The van der Waals surface area contributed by atoms with Crippen LogP contribution >= 0.6 is 0 Å². The van der Waals surface area contributed by atoms with Crippen molar-refractivity contribution in [2.45, 2.75) is 25.7 Å². The number of nitrogens with two attached hydrogens (primary N) is 1. The fourth-order valence-corrected chi connectivity index (χ4v) is 2.12. The number of primary amides is 1. The van der Waals surface area contributed by atoms with E-state index in [0.717, 1.165) is 11.4 Å². The second-order valence-corrected chi connectivity index (χ2v) is 5.36. The maximum Gasteiger partial charge on any atom is 0.260 e. The largest absolute Gasteiger partial charge is 0.370 e. The molecule has 0 aromatic heterocycles. The number of anilines is 2. The third kappa shape index (κ3) is 6.00. The molecule has 126 valence electrons. The summed E-state index contributed by atoms with van der Waals surface area (Å²) in [4.78, 5) is 23.2. The van der Waals surface area contributed by atoms with Crippen molar-refractivity contribution in [3.63, 3.8) is 0 Å². The summed E-state index contributed by atoms with van der Waals surface area (Å²) < 4.78 is 0. The van der Waals surface area contributed by atoms with Crippen LogP contribution in [0.15, 0.2) is 60.7 Å². The van der Waals surface area contributed by atoms with E-state index in [1.165, 1.54) is 5.12 Å². The number of nitrogens with zero attached hydrogens (tertiary/aromatic N) is 1. The molecule has 0 fully saturated rings. The molecule has 2 amide bonds. The van der Waals surface area contributed by atoms with Crippen molar-refractivity contribution in [1.29, 1.82) is 0 Å². The van der Waals surface area contributed by atoms with Gasteiger partial charge in [0, 0.05) is 12.8 Å². The molecule has 0 spiro atoms. The molecule has 0 aliphatic carbocycles. The van der Waals surface area contributed by atoms with E-state index < -0.39 is 0 Å². The minimum absolute atomic E-state index is 0.118. The molecule has 0 unspecified atom stereocenters. The van der Waals surface area contributed by atoms with Crippen LogP contribution in [0.3, 0.4) is 0 Å². The lowest BCUT2D eigenvalue weighted by Crippen LogP contribution is -2.40. The van der Waals surface area contributed by atoms with Gasteiger partial charge in [0.2, 0.25) is 5.91 Å². The molecule has 0 aliphatic heterocycles. The summed E-state index contributed by atoms with van der Waals surface area (Å²) in [5.74, 6) is -0.462. The van der Waals surface area contributed by atoms with Crippen molar-refractivity contribution in [3.8, 4) is 0 Å². The zero-order valence-electron chi connectivity index (χ0n) is 13.4.